The zero-order valence-corrected chi connectivity index (χ0v) is 33.8. The molecule has 1 unspecified atom stereocenters. The molecule has 1 aliphatic rings. The van der Waals surface area contributed by atoms with Gasteiger partial charge in [0, 0.05) is 33.0 Å². The van der Waals surface area contributed by atoms with Crippen LogP contribution < -0.4 is 0 Å². The van der Waals surface area contributed by atoms with Crippen LogP contribution in [-0.2, 0) is 23.8 Å². The highest BCUT2D eigenvalue weighted by Crippen LogP contribution is 2.16. The van der Waals surface area contributed by atoms with Gasteiger partial charge in [-0.05, 0) is 45.6 Å². The fourth-order valence-corrected chi connectivity index (χ4v) is 6.55. The van der Waals surface area contributed by atoms with E-state index in [1.54, 1.807) is 11.9 Å². The van der Waals surface area contributed by atoms with Gasteiger partial charge >= 0.3 is 18.0 Å². The summed E-state index contributed by atoms with van der Waals surface area (Å²) in [6.07, 6.45) is 35.9. The van der Waals surface area contributed by atoms with E-state index in [9.17, 15) is 14.4 Å². The molecule has 1 rings (SSSR count). The highest BCUT2D eigenvalue weighted by atomic mass is 16.6. The van der Waals surface area contributed by atoms with Crippen LogP contribution in [0.5, 0.6) is 0 Å². The topological polar surface area (TPSA) is 85.4 Å². The molecular weight excluding hydrogens is 640 g/mol. The minimum atomic E-state index is -0.827. The van der Waals surface area contributed by atoms with Gasteiger partial charge in [0.25, 0.3) is 0 Å². The van der Waals surface area contributed by atoms with Gasteiger partial charge in [0.05, 0.1) is 6.04 Å². The summed E-state index contributed by atoms with van der Waals surface area (Å²) in [5.41, 5.74) is 0. The number of likely N-dealkylation sites (N-methyl/N-ethyl adjacent to an activating group) is 2. The maximum absolute atomic E-state index is 12.8. The van der Waals surface area contributed by atoms with E-state index in [4.69, 9.17) is 14.2 Å². The molecule has 0 aromatic heterocycles. The molecule has 0 spiro atoms. The Morgan fingerprint density at radius 2 is 0.941 bits per heavy atom. The first-order valence-corrected chi connectivity index (χ1v) is 21.5. The van der Waals surface area contributed by atoms with Crippen molar-refractivity contribution in [2.75, 3.05) is 40.4 Å². The highest BCUT2D eigenvalue weighted by Gasteiger charge is 2.32. The predicted molar refractivity (Wildman–Crippen MR) is 211 cm³/mol. The molecule has 0 aliphatic carbocycles. The number of rotatable bonds is 35. The van der Waals surface area contributed by atoms with Crippen LogP contribution >= 0.6 is 0 Å². The number of carbonyl (C=O) groups is 3. The number of allylic oxidation sites excluding steroid dienone is 2. The van der Waals surface area contributed by atoms with Gasteiger partial charge in [0.2, 0.25) is 0 Å². The highest BCUT2D eigenvalue weighted by molar-refractivity contribution is 5.70. The number of likely N-dealkylation sites (tertiary alicyclic amines) is 1. The van der Waals surface area contributed by atoms with E-state index in [1.165, 1.54) is 122 Å². The van der Waals surface area contributed by atoms with Crippen LogP contribution in [0.3, 0.4) is 0 Å². The molecule has 1 atom stereocenters. The molecule has 8 nitrogen and oxygen atoms in total. The molecule has 0 radical (unpaired) electrons. The van der Waals surface area contributed by atoms with E-state index >= 15 is 0 Å². The Kier molecular flexibility index (Phi) is 31.0. The van der Waals surface area contributed by atoms with Crippen molar-refractivity contribution in [2.45, 2.75) is 206 Å². The van der Waals surface area contributed by atoms with Crippen LogP contribution in [-0.4, -0.2) is 80.4 Å². The molecule has 0 saturated carbocycles. The second-order valence-corrected chi connectivity index (χ2v) is 15.2. The standard InChI is InChI=1S/C43H80N2O6/c1-5-7-9-11-13-15-17-19-20-22-24-26-28-30-32-34-42(47)50-38-40(51-43(48)45(4)39-35-44(3)36-39)37-49-41(46)33-31-29-27-25-23-21-18-16-14-12-10-8-6-2/h19-20,39-40H,5-18,21-38H2,1-4H3/b20-19-. The van der Waals surface area contributed by atoms with E-state index < -0.39 is 12.2 Å². The van der Waals surface area contributed by atoms with Crippen molar-refractivity contribution in [3.63, 3.8) is 0 Å². The maximum atomic E-state index is 12.8. The van der Waals surface area contributed by atoms with Crippen molar-refractivity contribution in [2.24, 2.45) is 0 Å². The molecule has 0 aromatic rings. The molecule has 1 heterocycles. The largest absolute Gasteiger partial charge is 0.462 e. The lowest BCUT2D eigenvalue weighted by molar-refractivity contribution is -0.153. The lowest BCUT2D eigenvalue weighted by Crippen LogP contribution is -2.58. The summed E-state index contributed by atoms with van der Waals surface area (Å²) in [4.78, 5) is 41.5. The van der Waals surface area contributed by atoms with Crippen LogP contribution in [0.25, 0.3) is 0 Å². The van der Waals surface area contributed by atoms with Gasteiger partial charge in [-0.2, -0.15) is 0 Å². The summed E-state index contributed by atoms with van der Waals surface area (Å²) in [5.74, 6) is -0.603. The second-order valence-electron chi connectivity index (χ2n) is 15.2. The maximum Gasteiger partial charge on any atom is 0.410 e. The number of esters is 2. The Balaban J connectivity index is 2.22. The first-order valence-electron chi connectivity index (χ1n) is 21.5. The Hall–Kier alpha value is -2.09. The molecule has 0 bridgehead atoms. The first-order chi connectivity index (χ1) is 24.9. The van der Waals surface area contributed by atoms with Crippen molar-refractivity contribution in [1.29, 1.82) is 0 Å². The molecule has 1 amide bonds. The smallest absolute Gasteiger partial charge is 0.410 e. The zero-order chi connectivity index (χ0) is 37.2. The van der Waals surface area contributed by atoms with Crippen LogP contribution in [0, 0.1) is 0 Å². The summed E-state index contributed by atoms with van der Waals surface area (Å²) >= 11 is 0. The number of hydrogen-bond acceptors (Lipinski definition) is 7. The number of ether oxygens (including phenoxy) is 3. The lowest BCUT2D eigenvalue weighted by Gasteiger charge is -2.41. The molecule has 1 aliphatic heterocycles. The zero-order valence-electron chi connectivity index (χ0n) is 33.8. The summed E-state index contributed by atoms with van der Waals surface area (Å²) in [5, 5.41) is 0. The molecule has 51 heavy (non-hydrogen) atoms. The van der Waals surface area contributed by atoms with Gasteiger partial charge < -0.3 is 24.0 Å². The van der Waals surface area contributed by atoms with Crippen molar-refractivity contribution in [1.82, 2.24) is 9.80 Å². The van der Waals surface area contributed by atoms with Crippen molar-refractivity contribution < 1.29 is 28.6 Å². The average Bonchev–Trinajstić information content (AvgIpc) is 3.11. The Labute approximate surface area is 314 Å². The van der Waals surface area contributed by atoms with Gasteiger partial charge in [-0.15, -0.1) is 0 Å². The van der Waals surface area contributed by atoms with Crippen LogP contribution in [0.15, 0.2) is 12.2 Å². The SMILES string of the molecule is CCCCCCCC/C=C\CCCCCCCC(=O)OCC(COC(=O)CCCCCCCCCCCCCCC)OC(=O)N(C)C1CN(C)C1. The second kappa shape index (κ2) is 33.7. The molecule has 1 fully saturated rings. The molecule has 0 N–H and O–H groups in total. The first kappa shape index (κ1) is 46.9. The third kappa shape index (κ3) is 28.1. The van der Waals surface area contributed by atoms with Crippen molar-refractivity contribution in [3.8, 4) is 0 Å². The summed E-state index contributed by atoms with van der Waals surface area (Å²) in [6.45, 7) is 5.87. The van der Waals surface area contributed by atoms with E-state index in [1.807, 2.05) is 7.05 Å². The third-order valence-electron chi connectivity index (χ3n) is 10.1. The van der Waals surface area contributed by atoms with Crippen molar-refractivity contribution >= 4 is 18.0 Å². The Bertz CT molecular complexity index is 875. The summed E-state index contributed by atoms with van der Waals surface area (Å²) in [7, 11) is 3.72. The van der Waals surface area contributed by atoms with Gasteiger partial charge in [-0.3, -0.25) is 9.59 Å². The normalized spacial score (nSPS) is 14.0. The van der Waals surface area contributed by atoms with Gasteiger partial charge in [-0.25, -0.2) is 4.79 Å². The van der Waals surface area contributed by atoms with E-state index in [2.05, 4.69) is 30.9 Å². The monoisotopic (exact) mass is 721 g/mol. The van der Waals surface area contributed by atoms with Gasteiger partial charge in [0.1, 0.15) is 13.2 Å². The summed E-state index contributed by atoms with van der Waals surface area (Å²) < 4.78 is 16.7. The molecular formula is C43H80N2O6. The average molecular weight is 721 g/mol. The van der Waals surface area contributed by atoms with E-state index in [0.29, 0.717) is 12.8 Å². The summed E-state index contributed by atoms with van der Waals surface area (Å²) in [6, 6.07) is 0.0879. The molecule has 298 valence electrons. The molecule has 1 saturated heterocycles. The van der Waals surface area contributed by atoms with Gasteiger partial charge in [0.15, 0.2) is 6.10 Å². The molecule has 0 aromatic carbocycles. The predicted octanol–water partition coefficient (Wildman–Crippen LogP) is 11.3. The van der Waals surface area contributed by atoms with Crippen LogP contribution in [0.4, 0.5) is 4.79 Å². The third-order valence-corrected chi connectivity index (χ3v) is 10.1. The number of nitrogens with zero attached hydrogens (tertiary/aromatic N) is 2. The number of unbranched alkanes of at least 4 members (excludes halogenated alkanes) is 23. The fourth-order valence-electron chi connectivity index (χ4n) is 6.55. The Morgan fingerprint density at radius 1 is 0.588 bits per heavy atom. The quantitative estimate of drug-likeness (QED) is 0.0279. The van der Waals surface area contributed by atoms with Gasteiger partial charge in [-0.1, -0.05) is 154 Å². The lowest BCUT2D eigenvalue weighted by atomic mass is 10.0. The molecule has 8 heteroatoms. The van der Waals surface area contributed by atoms with Crippen LogP contribution in [0.1, 0.15) is 194 Å². The van der Waals surface area contributed by atoms with E-state index in [0.717, 1.165) is 58.0 Å². The number of amides is 1. The van der Waals surface area contributed by atoms with Crippen LogP contribution in [0.2, 0.25) is 0 Å². The van der Waals surface area contributed by atoms with Crippen molar-refractivity contribution in [3.05, 3.63) is 12.2 Å². The number of hydrogen-bond donors (Lipinski definition) is 0. The minimum Gasteiger partial charge on any atom is -0.462 e. The minimum absolute atomic E-state index is 0.0879. The fraction of sp³-hybridized carbons (Fsp3) is 0.884. The number of carbonyl (C=O) groups excluding carboxylic acids is 3. The Morgan fingerprint density at radius 3 is 1.31 bits per heavy atom. The van der Waals surface area contributed by atoms with E-state index in [-0.39, 0.29) is 31.2 Å².